The molecular formula is C16H20NS. The summed E-state index contributed by atoms with van der Waals surface area (Å²) in [5, 5.41) is 1.08. The second-order valence-electron chi connectivity index (χ2n) is 4.64. The molecule has 0 bridgehead atoms. The number of aromatic nitrogens is 1. The van der Waals surface area contributed by atoms with Gasteiger partial charge in [-0.05, 0) is 31.4 Å². The standard InChI is InChI=1S/C16H20NS/c1-3-4-5-6-8-14-9-7-10-15(11-14)16-17-12-13(2)18-16/h7,9-12H,2-6,8H2,1H3. The van der Waals surface area contributed by atoms with Gasteiger partial charge in [0.2, 0.25) is 0 Å². The van der Waals surface area contributed by atoms with Crippen LogP contribution in [0.5, 0.6) is 0 Å². The van der Waals surface area contributed by atoms with Crippen molar-refractivity contribution >= 4 is 11.3 Å². The zero-order valence-corrected chi connectivity index (χ0v) is 11.8. The number of hydrogen-bond donors (Lipinski definition) is 0. The first-order valence-corrected chi connectivity index (χ1v) is 7.48. The molecule has 1 aromatic heterocycles. The molecule has 0 spiro atoms. The highest BCUT2D eigenvalue weighted by Crippen LogP contribution is 2.25. The number of nitrogens with zero attached hydrogens (tertiary/aromatic N) is 1. The molecule has 1 aromatic carbocycles. The van der Waals surface area contributed by atoms with Crippen LogP contribution >= 0.6 is 11.3 Å². The number of benzene rings is 1. The lowest BCUT2D eigenvalue weighted by Gasteiger charge is -2.03. The molecule has 0 N–H and O–H groups in total. The smallest absolute Gasteiger partial charge is 0.123 e. The predicted molar refractivity (Wildman–Crippen MR) is 79.9 cm³/mol. The molecule has 0 saturated heterocycles. The minimum absolute atomic E-state index is 1.03. The van der Waals surface area contributed by atoms with Crippen LogP contribution in [0.3, 0.4) is 0 Å². The van der Waals surface area contributed by atoms with E-state index in [2.05, 4.69) is 43.1 Å². The van der Waals surface area contributed by atoms with Crippen LogP contribution in [0.25, 0.3) is 10.6 Å². The average molecular weight is 258 g/mol. The van der Waals surface area contributed by atoms with Crippen molar-refractivity contribution in [2.75, 3.05) is 0 Å². The first-order valence-electron chi connectivity index (χ1n) is 6.66. The summed E-state index contributed by atoms with van der Waals surface area (Å²) in [6.07, 6.45) is 8.28. The molecule has 2 heteroatoms. The van der Waals surface area contributed by atoms with Crippen LogP contribution in [0.1, 0.15) is 43.0 Å². The van der Waals surface area contributed by atoms with E-state index in [4.69, 9.17) is 0 Å². The van der Waals surface area contributed by atoms with Gasteiger partial charge in [-0.1, -0.05) is 44.4 Å². The fourth-order valence-electron chi connectivity index (χ4n) is 2.06. The van der Waals surface area contributed by atoms with Crippen LogP contribution in [0.15, 0.2) is 30.5 Å². The third-order valence-corrected chi connectivity index (χ3v) is 3.95. The number of rotatable bonds is 6. The Labute approximate surface area is 114 Å². The second kappa shape index (κ2) is 6.69. The quantitative estimate of drug-likeness (QED) is 0.656. The Balaban J connectivity index is 2.01. The van der Waals surface area contributed by atoms with Gasteiger partial charge in [0, 0.05) is 16.6 Å². The molecule has 1 nitrogen and oxygen atoms in total. The molecular weight excluding hydrogens is 238 g/mol. The molecule has 2 aromatic rings. The van der Waals surface area contributed by atoms with Gasteiger partial charge in [-0.15, -0.1) is 11.3 Å². The van der Waals surface area contributed by atoms with Crippen molar-refractivity contribution in [3.8, 4) is 10.6 Å². The fourth-order valence-corrected chi connectivity index (χ4v) is 2.76. The summed E-state index contributed by atoms with van der Waals surface area (Å²) in [5.74, 6) is 0. The largest absolute Gasteiger partial charge is 0.244 e. The van der Waals surface area contributed by atoms with Gasteiger partial charge < -0.3 is 0 Å². The summed E-state index contributed by atoms with van der Waals surface area (Å²) in [7, 11) is 0. The van der Waals surface area contributed by atoms with E-state index in [0.29, 0.717) is 0 Å². The monoisotopic (exact) mass is 258 g/mol. The Morgan fingerprint density at radius 3 is 2.83 bits per heavy atom. The molecule has 0 fully saturated rings. The Morgan fingerprint density at radius 1 is 1.22 bits per heavy atom. The predicted octanol–water partition coefficient (Wildman–Crippen LogP) is 5.12. The van der Waals surface area contributed by atoms with Crippen LogP contribution in [0.2, 0.25) is 0 Å². The highest BCUT2D eigenvalue weighted by atomic mass is 32.1. The Morgan fingerprint density at radius 2 is 2.11 bits per heavy atom. The van der Waals surface area contributed by atoms with Crippen LogP contribution < -0.4 is 0 Å². The van der Waals surface area contributed by atoms with Gasteiger partial charge in [0.05, 0.1) is 0 Å². The van der Waals surface area contributed by atoms with E-state index in [1.807, 2.05) is 6.20 Å². The Bertz CT molecular complexity index is 487. The number of hydrogen-bond acceptors (Lipinski definition) is 2. The lowest BCUT2D eigenvalue weighted by atomic mass is 10.0. The van der Waals surface area contributed by atoms with Crippen LogP contribution in [-0.4, -0.2) is 4.98 Å². The van der Waals surface area contributed by atoms with Gasteiger partial charge in [0.25, 0.3) is 0 Å². The lowest BCUT2D eigenvalue weighted by Crippen LogP contribution is -1.87. The highest BCUT2D eigenvalue weighted by Gasteiger charge is 2.03. The van der Waals surface area contributed by atoms with E-state index in [1.165, 1.54) is 43.2 Å². The van der Waals surface area contributed by atoms with Crippen LogP contribution in [0.4, 0.5) is 0 Å². The van der Waals surface area contributed by atoms with Gasteiger partial charge in [0.1, 0.15) is 5.01 Å². The molecule has 0 unspecified atom stereocenters. The van der Waals surface area contributed by atoms with Crippen molar-refractivity contribution in [1.29, 1.82) is 0 Å². The molecule has 95 valence electrons. The summed E-state index contributed by atoms with van der Waals surface area (Å²) >= 11 is 1.66. The highest BCUT2D eigenvalue weighted by molar-refractivity contribution is 7.15. The molecule has 0 amide bonds. The second-order valence-corrected chi connectivity index (χ2v) is 5.76. The maximum absolute atomic E-state index is 4.39. The van der Waals surface area contributed by atoms with Crippen LogP contribution in [-0.2, 0) is 6.42 Å². The van der Waals surface area contributed by atoms with Crippen LogP contribution in [0, 0.1) is 6.92 Å². The molecule has 2 rings (SSSR count). The zero-order valence-electron chi connectivity index (χ0n) is 11.0. The topological polar surface area (TPSA) is 12.9 Å². The summed E-state index contributed by atoms with van der Waals surface area (Å²) in [6, 6.07) is 8.75. The number of aryl methyl sites for hydroxylation is 1. The fraction of sp³-hybridized carbons (Fsp3) is 0.375. The first kappa shape index (κ1) is 13.3. The first-order chi connectivity index (χ1) is 8.79. The zero-order chi connectivity index (χ0) is 12.8. The van der Waals surface area contributed by atoms with Crippen molar-refractivity contribution in [1.82, 2.24) is 4.98 Å². The molecule has 0 aliphatic heterocycles. The van der Waals surface area contributed by atoms with Gasteiger partial charge >= 0.3 is 0 Å². The molecule has 0 atom stereocenters. The minimum atomic E-state index is 1.03. The van der Waals surface area contributed by atoms with E-state index in [1.54, 1.807) is 11.3 Å². The van der Waals surface area contributed by atoms with Crippen molar-refractivity contribution in [2.24, 2.45) is 0 Å². The summed E-state index contributed by atoms with van der Waals surface area (Å²) in [6.45, 7) is 6.16. The molecule has 1 radical (unpaired) electrons. The SMILES string of the molecule is [CH2]c1cnc(-c2cccc(CCCCCC)c2)s1. The summed E-state index contributed by atoms with van der Waals surface area (Å²) in [5.41, 5.74) is 2.65. The van der Waals surface area contributed by atoms with Gasteiger partial charge in [0.15, 0.2) is 0 Å². The number of thiazole rings is 1. The van der Waals surface area contributed by atoms with E-state index in [0.717, 1.165) is 9.88 Å². The van der Waals surface area contributed by atoms with E-state index in [9.17, 15) is 0 Å². The Kier molecular flexibility index (Phi) is 4.94. The van der Waals surface area contributed by atoms with Crippen molar-refractivity contribution in [2.45, 2.75) is 39.0 Å². The average Bonchev–Trinajstić information content (AvgIpc) is 2.82. The molecule has 0 aliphatic rings. The normalized spacial score (nSPS) is 10.8. The lowest BCUT2D eigenvalue weighted by molar-refractivity contribution is 0.667. The summed E-state index contributed by atoms with van der Waals surface area (Å²) < 4.78 is 0. The summed E-state index contributed by atoms with van der Waals surface area (Å²) in [4.78, 5) is 5.42. The maximum Gasteiger partial charge on any atom is 0.123 e. The molecule has 0 aliphatic carbocycles. The molecule has 1 heterocycles. The Hall–Kier alpha value is -1.15. The molecule has 0 saturated carbocycles. The van der Waals surface area contributed by atoms with Crippen molar-refractivity contribution in [3.05, 3.63) is 47.8 Å². The van der Waals surface area contributed by atoms with Crippen molar-refractivity contribution in [3.63, 3.8) is 0 Å². The van der Waals surface area contributed by atoms with Crippen molar-refractivity contribution < 1.29 is 0 Å². The molecule has 18 heavy (non-hydrogen) atoms. The van der Waals surface area contributed by atoms with Gasteiger partial charge in [-0.3, -0.25) is 0 Å². The third-order valence-electron chi connectivity index (χ3n) is 3.05. The van der Waals surface area contributed by atoms with E-state index < -0.39 is 0 Å². The third kappa shape index (κ3) is 3.67. The van der Waals surface area contributed by atoms with Gasteiger partial charge in [-0.25, -0.2) is 4.98 Å². The van der Waals surface area contributed by atoms with Gasteiger partial charge in [-0.2, -0.15) is 0 Å². The van der Waals surface area contributed by atoms with E-state index >= 15 is 0 Å². The maximum atomic E-state index is 4.39. The minimum Gasteiger partial charge on any atom is -0.244 e. The van der Waals surface area contributed by atoms with E-state index in [-0.39, 0.29) is 0 Å². The number of unbranched alkanes of at least 4 members (excludes halogenated alkanes) is 3.